The summed E-state index contributed by atoms with van der Waals surface area (Å²) in [6.07, 6.45) is 11.0. The smallest absolute Gasteiger partial charge is 0.162 e. The molecule has 0 aromatic carbocycles. The third-order valence-corrected chi connectivity index (χ3v) is 10.6. The molecule has 0 bridgehead atoms. The van der Waals surface area contributed by atoms with Crippen molar-refractivity contribution in [2.24, 2.45) is 52.8 Å². The van der Waals surface area contributed by atoms with Crippen LogP contribution in [-0.4, -0.2) is 26.3 Å². The molecule has 31 heavy (non-hydrogen) atoms. The van der Waals surface area contributed by atoms with Crippen molar-refractivity contribution in [2.45, 2.75) is 77.4 Å². The van der Waals surface area contributed by atoms with Gasteiger partial charge in [-0.1, -0.05) is 6.92 Å². The lowest BCUT2D eigenvalue weighted by Gasteiger charge is -2.56. The van der Waals surface area contributed by atoms with E-state index in [0.29, 0.717) is 23.9 Å². The van der Waals surface area contributed by atoms with Gasteiger partial charge in [0.2, 0.25) is 0 Å². The number of ketones is 1. The van der Waals surface area contributed by atoms with E-state index in [4.69, 9.17) is 5.26 Å². The Morgan fingerprint density at radius 1 is 1.16 bits per heavy atom. The molecule has 5 aliphatic carbocycles. The molecule has 166 valence electrons. The number of hydrogen-bond acceptors (Lipinski definition) is 4. The molecule has 10 atom stereocenters. The summed E-state index contributed by atoms with van der Waals surface area (Å²) in [5, 5.41) is 23.9. The zero-order valence-electron chi connectivity index (χ0n) is 18.8. The van der Waals surface area contributed by atoms with Crippen LogP contribution in [0.25, 0.3) is 0 Å². The third kappa shape index (κ3) is 2.97. The molecule has 6 rings (SSSR count). The lowest BCUT2D eigenvalue weighted by atomic mass is 9.49. The van der Waals surface area contributed by atoms with Crippen LogP contribution in [0, 0.1) is 64.1 Å². The minimum absolute atomic E-state index is 0.129. The van der Waals surface area contributed by atoms with Crippen molar-refractivity contribution in [1.82, 2.24) is 9.78 Å². The lowest BCUT2D eigenvalue weighted by Crippen LogP contribution is -2.52. The highest BCUT2D eigenvalue weighted by Crippen LogP contribution is 2.72. The monoisotopic (exact) mass is 421 g/mol. The first kappa shape index (κ1) is 20.0. The van der Waals surface area contributed by atoms with Crippen LogP contribution in [0.15, 0.2) is 12.3 Å². The summed E-state index contributed by atoms with van der Waals surface area (Å²) in [6, 6.07) is 3.74. The zero-order valence-corrected chi connectivity index (χ0v) is 18.8. The molecule has 5 heteroatoms. The Morgan fingerprint density at radius 2 is 1.97 bits per heavy atom. The molecule has 0 spiro atoms. The van der Waals surface area contributed by atoms with E-state index in [9.17, 15) is 9.90 Å². The molecule has 1 aromatic heterocycles. The number of fused-ring (bicyclic) bond motifs is 8. The van der Waals surface area contributed by atoms with Gasteiger partial charge in [0.05, 0.1) is 12.1 Å². The third-order valence-electron chi connectivity index (χ3n) is 10.6. The first-order valence-corrected chi connectivity index (χ1v) is 12.5. The van der Waals surface area contributed by atoms with E-state index in [-0.39, 0.29) is 11.3 Å². The predicted octanol–water partition coefficient (Wildman–Crippen LogP) is 4.20. The number of rotatable bonds is 3. The molecule has 0 saturated heterocycles. The van der Waals surface area contributed by atoms with Gasteiger partial charge < -0.3 is 5.11 Å². The highest BCUT2D eigenvalue weighted by Gasteiger charge is 2.66. The van der Waals surface area contributed by atoms with E-state index in [1.54, 1.807) is 16.9 Å². The number of hydrogen-bond donors (Lipinski definition) is 1. The van der Waals surface area contributed by atoms with Crippen molar-refractivity contribution >= 4 is 5.78 Å². The second-order valence-electron chi connectivity index (χ2n) is 12.1. The maximum absolute atomic E-state index is 13.4. The molecule has 5 nitrogen and oxygen atoms in total. The molecule has 2 unspecified atom stereocenters. The van der Waals surface area contributed by atoms with Gasteiger partial charge in [-0.25, -0.2) is 0 Å². The summed E-state index contributed by atoms with van der Waals surface area (Å²) in [7, 11) is 0. The Labute approximate surface area is 185 Å². The van der Waals surface area contributed by atoms with E-state index >= 15 is 0 Å². The number of carbonyl (C=O) groups excluding carboxylic acids is 1. The van der Waals surface area contributed by atoms with Crippen molar-refractivity contribution in [3.63, 3.8) is 0 Å². The van der Waals surface area contributed by atoms with E-state index in [2.05, 4.69) is 25.0 Å². The molecule has 5 fully saturated rings. The summed E-state index contributed by atoms with van der Waals surface area (Å²) in [5.41, 5.74) is 0.0586. The van der Waals surface area contributed by atoms with Gasteiger partial charge in [-0.3, -0.25) is 9.48 Å². The quantitative estimate of drug-likeness (QED) is 0.793. The van der Waals surface area contributed by atoms with Gasteiger partial charge in [0.25, 0.3) is 0 Å². The van der Waals surface area contributed by atoms with Crippen LogP contribution >= 0.6 is 0 Å². The Morgan fingerprint density at radius 3 is 2.74 bits per heavy atom. The highest BCUT2D eigenvalue weighted by atomic mass is 16.3. The Bertz CT molecular complexity index is 945. The molecule has 5 saturated carbocycles. The average molecular weight is 422 g/mol. The predicted molar refractivity (Wildman–Crippen MR) is 116 cm³/mol. The van der Waals surface area contributed by atoms with Crippen molar-refractivity contribution in [2.75, 3.05) is 0 Å². The van der Waals surface area contributed by atoms with Gasteiger partial charge in [0.15, 0.2) is 11.5 Å². The highest BCUT2D eigenvalue weighted by molar-refractivity contribution is 5.82. The summed E-state index contributed by atoms with van der Waals surface area (Å²) < 4.78 is 1.65. The van der Waals surface area contributed by atoms with Gasteiger partial charge in [0, 0.05) is 12.1 Å². The Hall–Kier alpha value is -1.67. The average Bonchev–Trinajstić information content (AvgIpc) is 3.27. The number of nitrogens with zero attached hydrogens (tertiary/aromatic N) is 3. The molecule has 1 aromatic rings. The van der Waals surface area contributed by atoms with Crippen LogP contribution in [0.5, 0.6) is 0 Å². The number of Topliss-reactive ketones (excluding diaryl/α,β-unsaturated/α-hetero) is 1. The van der Waals surface area contributed by atoms with Crippen LogP contribution in [0.3, 0.4) is 0 Å². The van der Waals surface area contributed by atoms with Crippen molar-refractivity contribution in [3.05, 3.63) is 18.0 Å². The molecule has 1 N–H and O–H groups in total. The van der Waals surface area contributed by atoms with Gasteiger partial charge >= 0.3 is 0 Å². The molecule has 0 radical (unpaired) electrons. The van der Waals surface area contributed by atoms with Crippen molar-refractivity contribution in [1.29, 1.82) is 5.26 Å². The number of carbonyl (C=O) groups is 1. The summed E-state index contributed by atoms with van der Waals surface area (Å²) in [4.78, 5) is 13.4. The first-order valence-electron chi connectivity index (χ1n) is 12.5. The minimum atomic E-state index is -0.451. The van der Waals surface area contributed by atoms with Gasteiger partial charge in [-0.15, -0.1) is 0 Å². The summed E-state index contributed by atoms with van der Waals surface area (Å²) in [6.45, 7) is 4.77. The summed E-state index contributed by atoms with van der Waals surface area (Å²) >= 11 is 0. The number of aromatic nitrogens is 2. The Kier molecular flexibility index (Phi) is 4.30. The molecular formula is C26H35N3O2. The molecule has 0 aliphatic heterocycles. The van der Waals surface area contributed by atoms with Crippen LogP contribution in [0.4, 0.5) is 0 Å². The van der Waals surface area contributed by atoms with E-state index < -0.39 is 5.60 Å². The van der Waals surface area contributed by atoms with E-state index in [0.717, 1.165) is 54.8 Å². The maximum atomic E-state index is 13.4. The normalized spacial score (nSPS) is 49.9. The van der Waals surface area contributed by atoms with Crippen LogP contribution in [0.1, 0.15) is 70.9 Å². The van der Waals surface area contributed by atoms with Gasteiger partial charge in [-0.05, 0) is 111 Å². The van der Waals surface area contributed by atoms with E-state index in [1.807, 2.05) is 0 Å². The van der Waals surface area contributed by atoms with Crippen molar-refractivity contribution < 1.29 is 9.90 Å². The standard InChI is InChI=1S/C26H35N3O2/c1-25(31)8-5-16-17-6-9-26(2)21(23(30)14-29-10-7-15(13-27)28-29)3-4-22(26)24(17)19-11-18(19)20(16)12-25/h7,10,16-22,24,31H,3-6,8-9,11-12,14H2,1-2H3/t16-,17-,18?,19?,20-,21-,22+,24+,25-,26-/m1/s1. The van der Waals surface area contributed by atoms with E-state index in [1.165, 1.54) is 32.1 Å². The minimum Gasteiger partial charge on any atom is -0.390 e. The first-order chi connectivity index (χ1) is 14.8. The SMILES string of the molecule is C[C@@]1(O)CC[C@@H]2[C@H]3CC[C@]4(C)[C@@H](C(=O)Cn5ccc(C#N)n5)CC[C@H]4[C@@H]3C3CC3[C@@H]2C1. The fourth-order valence-electron chi connectivity index (χ4n) is 9.27. The molecular weight excluding hydrogens is 386 g/mol. The lowest BCUT2D eigenvalue weighted by molar-refractivity contribution is -0.133. The fraction of sp³-hybridized carbons (Fsp3) is 0.808. The number of aliphatic hydroxyl groups is 1. The summed E-state index contributed by atoms with van der Waals surface area (Å²) in [5.74, 6) is 5.99. The molecule has 0 amide bonds. The van der Waals surface area contributed by atoms with Gasteiger partial charge in [0.1, 0.15) is 6.07 Å². The maximum Gasteiger partial charge on any atom is 0.162 e. The second-order valence-corrected chi connectivity index (χ2v) is 12.1. The van der Waals surface area contributed by atoms with Gasteiger partial charge in [-0.2, -0.15) is 10.4 Å². The Balaban J connectivity index is 1.22. The zero-order chi connectivity index (χ0) is 21.5. The second kappa shape index (κ2) is 6.67. The van der Waals surface area contributed by atoms with Crippen LogP contribution in [0.2, 0.25) is 0 Å². The van der Waals surface area contributed by atoms with Crippen LogP contribution < -0.4 is 0 Å². The number of nitriles is 1. The topological polar surface area (TPSA) is 78.9 Å². The molecule has 1 heterocycles. The van der Waals surface area contributed by atoms with Crippen molar-refractivity contribution in [3.8, 4) is 6.07 Å². The molecule has 5 aliphatic rings. The van der Waals surface area contributed by atoms with Crippen LogP contribution in [-0.2, 0) is 11.3 Å². The largest absolute Gasteiger partial charge is 0.390 e. The fourth-order valence-corrected chi connectivity index (χ4v) is 9.27.